The van der Waals surface area contributed by atoms with Crippen molar-refractivity contribution in [2.45, 2.75) is 24.0 Å². The van der Waals surface area contributed by atoms with Gasteiger partial charge >= 0.3 is 0 Å². The highest BCUT2D eigenvalue weighted by Crippen LogP contribution is 2.26. The molecular formula is C23H21ClN2O2S. The molecule has 0 aliphatic heterocycles. The van der Waals surface area contributed by atoms with Crippen molar-refractivity contribution in [1.82, 2.24) is 0 Å². The summed E-state index contributed by atoms with van der Waals surface area (Å²) in [6.07, 6.45) is 0. The molecule has 3 aromatic rings. The van der Waals surface area contributed by atoms with Gasteiger partial charge in [-0.2, -0.15) is 0 Å². The number of rotatable bonds is 6. The van der Waals surface area contributed by atoms with E-state index in [2.05, 4.69) is 10.6 Å². The number of thioether (sulfide) groups is 1. The second-order valence-electron chi connectivity index (χ2n) is 6.55. The zero-order valence-electron chi connectivity index (χ0n) is 16.1. The molecule has 0 aliphatic rings. The molecule has 0 fully saturated rings. The highest BCUT2D eigenvalue weighted by molar-refractivity contribution is 8.00. The third-order valence-corrected chi connectivity index (χ3v) is 5.66. The van der Waals surface area contributed by atoms with E-state index >= 15 is 0 Å². The maximum absolute atomic E-state index is 12.4. The van der Waals surface area contributed by atoms with Gasteiger partial charge in [-0.3, -0.25) is 9.59 Å². The molecule has 0 aromatic heterocycles. The van der Waals surface area contributed by atoms with Gasteiger partial charge in [-0.1, -0.05) is 29.8 Å². The van der Waals surface area contributed by atoms with Crippen molar-refractivity contribution in [1.29, 1.82) is 0 Å². The number of hydrogen-bond acceptors (Lipinski definition) is 3. The molecule has 4 nitrogen and oxygen atoms in total. The normalized spacial score (nSPS) is 11.6. The molecule has 2 N–H and O–H groups in total. The zero-order valence-corrected chi connectivity index (χ0v) is 17.7. The fourth-order valence-corrected chi connectivity index (χ4v) is 3.67. The number of halogens is 1. The lowest BCUT2D eigenvalue weighted by molar-refractivity contribution is -0.115. The van der Waals surface area contributed by atoms with E-state index in [4.69, 9.17) is 11.6 Å². The minimum Gasteiger partial charge on any atom is -0.325 e. The Kier molecular flexibility index (Phi) is 6.96. The summed E-state index contributed by atoms with van der Waals surface area (Å²) in [7, 11) is 0. The molecule has 148 valence electrons. The van der Waals surface area contributed by atoms with Crippen LogP contribution in [0.25, 0.3) is 0 Å². The number of aryl methyl sites for hydroxylation is 1. The Morgan fingerprint density at radius 1 is 0.862 bits per heavy atom. The molecule has 3 rings (SSSR count). The number of amides is 2. The Hall–Kier alpha value is -2.76. The van der Waals surface area contributed by atoms with Gasteiger partial charge < -0.3 is 10.6 Å². The molecule has 0 spiro atoms. The van der Waals surface area contributed by atoms with Crippen LogP contribution in [0.2, 0.25) is 5.02 Å². The number of carbonyl (C=O) groups excluding carboxylic acids is 2. The summed E-state index contributed by atoms with van der Waals surface area (Å²) < 4.78 is 0. The molecule has 29 heavy (non-hydrogen) atoms. The van der Waals surface area contributed by atoms with Gasteiger partial charge in [0.05, 0.1) is 5.25 Å². The highest BCUT2D eigenvalue weighted by atomic mass is 35.5. The Labute approximate surface area is 179 Å². The molecule has 0 heterocycles. The predicted molar refractivity (Wildman–Crippen MR) is 121 cm³/mol. The summed E-state index contributed by atoms with van der Waals surface area (Å²) in [5, 5.41) is 6.12. The van der Waals surface area contributed by atoms with Crippen LogP contribution in [0.3, 0.4) is 0 Å². The van der Waals surface area contributed by atoms with E-state index in [1.807, 2.05) is 56.3 Å². The molecule has 0 saturated heterocycles. The molecule has 1 atom stereocenters. The first kappa shape index (κ1) is 21.0. The summed E-state index contributed by atoms with van der Waals surface area (Å²) in [5.41, 5.74) is 3.00. The number of benzene rings is 3. The van der Waals surface area contributed by atoms with Crippen molar-refractivity contribution in [2.24, 2.45) is 0 Å². The molecule has 0 aliphatic carbocycles. The average molecular weight is 425 g/mol. The zero-order chi connectivity index (χ0) is 20.8. The van der Waals surface area contributed by atoms with Crippen molar-refractivity contribution in [3.05, 3.63) is 88.9 Å². The Morgan fingerprint density at radius 2 is 1.45 bits per heavy atom. The van der Waals surface area contributed by atoms with Crippen LogP contribution < -0.4 is 10.6 Å². The second kappa shape index (κ2) is 9.63. The topological polar surface area (TPSA) is 58.2 Å². The number of carbonyl (C=O) groups is 2. The van der Waals surface area contributed by atoms with Crippen LogP contribution in [-0.4, -0.2) is 17.1 Å². The first-order valence-corrected chi connectivity index (χ1v) is 10.4. The van der Waals surface area contributed by atoms with Crippen molar-refractivity contribution in [3.63, 3.8) is 0 Å². The van der Waals surface area contributed by atoms with Gasteiger partial charge in [0.2, 0.25) is 5.91 Å². The van der Waals surface area contributed by atoms with Crippen LogP contribution in [0, 0.1) is 6.92 Å². The minimum absolute atomic E-state index is 0.0887. The van der Waals surface area contributed by atoms with Gasteiger partial charge in [-0.15, -0.1) is 11.8 Å². The summed E-state index contributed by atoms with van der Waals surface area (Å²) in [6.45, 7) is 3.76. The van der Waals surface area contributed by atoms with E-state index in [-0.39, 0.29) is 17.1 Å². The van der Waals surface area contributed by atoms with Crippen molar-refractivity contribution < 1.29 is 9.59 Å². The first-order chi connectivity index (χ1) is 13.9. The van der Waals surface area contributed by atoms with Gasteiger partial charge in [0, 0.05) is 26.9 Å². The predicted octanol–water partition coefficient (Wildman–Crippen LogP) is 6.02. The lowest BCUT2D eigenvalue weighted by atomic mass is 10.1. The molecule has 0 saturated carbocycles. The van der Waals surface area contributed by atoms with E-state index < -0.39 is 0 Å². The van der Waals surface area contributed by atoms with Crippen LogP contribution in [-0.2, 0) is 4.79 Å². The van der Waals surface area contributed by atoms with Crippen molar-refractivity contribution in [3.8, 4) is 0 Å². The van der Waals surface area contributed by atoms with Crippen LogP contribution in [0.5, 0.6) is 0 Å². The van der Waals surface area contributed by atoms with Crippen molar-refractivity contribution in [2.75, 3.05) is 10.6 Å². The third-order valence-electron chi connectivity index (χ3n) is 4.30. The maximum atomic E-state index is 12.4. The molecule has 0 bridgehead atoms. The third kappa shape index (κ3) is 5.86. The standard InChI is InChI=1S/C23H21ClN2O2S/c1-15-5-3-4-6-21(15)23(28)26-19-11-13-20(14-12-19)29-16(2)22(27)25-18-9-7-17(24)8-10-18/h3-14,16H,1-2H3,(H,25,27)(H,26,28). The Morgan fingerprint density at radius 3 is 2.10 bits per heavy atom. The number of anilines is 2. The van der Waals surface area contributed by atoms with E-state index in [0.717, 1.165) is 10.5 Å². The highest BCUT2D eigenvalue weighted by Gasteiger charge is 2.15. The van der Waals surface area contributed by atoms with Crippen LogP contribution in [0.4, 0.5) is 11.4 Å². The molecule has 6 heteroatoms. The Bertz CT molecular complexity index is 1000. The van der Waals surface area contributed by atoms with Crippen LogP contribution >= 0.6 is 23.4 Å². The SMILES string of the molecule is Cc1ccccc1C(=O)Nc1ccc(SC(C)C(=O)Nc2ccc(Cl)cc2)cc1. The molecule has 1 unspecified atom stereocenters. The smallest absolute Gasteiger partial charge is 0.255 e. The van der Waals surface area contributed by atoms with Gasteiger partial charge in [0.25, 0.3) is 5.91 Å². The quantitative estimate of drug-likeness (QED) is 0.475. The average Bonchev–Trinajstić information content (AvgIpc) is 2.71. The molecule has 3 aromatic carbocycles. The number of hydrogen-bond donors (Lipinski definition) is 2. The minimum atomic E-state index is -0.280. The van der Waals surface area contributed by atoms with Crippen molar-refractivity contribution >= 4 is 46.6 Å². The van der Waals surface area contributed by atoms with Crippen LogP contribution in [0.15, 0.2) is 77.7 Å². The molecule has 2 amide bonds. The second-order valence-corrected chi connectivity index (χ2v) is 8.40. The van der Waals surface area contributed by atoms with E-state index in [0.29, 0.717) is 22.0 Å². The summed E-state index contributed by atoms with van der Waals surface area (Å²) in [4.78, 5) is 25.7. The fourth-order valence-electron chi connectivity index (χ4n) is 2.68. The number of nitrogens with one attached hydrogen (secondary N) is 2. The van der Waals surface area contributed by atoms with E-state index in [9.17, 15) is 9.59 Å². The van der Waals surface area contributed by atoms with E-state index in [1.165, 1.54) is 11.8 Å². The Balaban J connectivity index is 1.57. The van der Waals surface area contributed by atoms with E-state index in [1.54, 1.807) is 30.3 Å². The molecule has 0 radical (unpaired) electrons. The summed E-state index contributed by atoms with van der Waals surface area (Å²) in [5.74, 6) is -0.228. The van der Waals surface area contributed by atoms with Gasteiger partial charge in [0.15, 0.2) is 0 Å². The molecular weight excluding hydrogens is 404 g/mol. The van der Waals surface area contributed by atoms with Gasteiger partial charge in [0.1, 0.15) is 0 Å². The van der Waals surface area contributed by atoms with Gasteiger partial charge in [-0.25, -0.2) is 0 Å². The summed E-state index contributed by atoms with van der Waals surface area (Å²) in [6, 6.07) is 21.9. The monoisotopic (exact) mass is 424 g/mol. The largest absolute Gasteiger partial charge is 0.325 e. The maximum Gasteiger partial charge on any atom is 0.255 e. The van der Waals surface area contributed by atoms with Gasteiger partial charge in [-0.05, 0) is 74.0 Å². The lowest BCUT2D eigenvalue weighted by Crippen LogP contribution is -2.22. The summed E-state index contributed by atoms with van der Waals surface area (Å²) >= 11 is 7.31. The lowest BCUT2D eigenvalue weighted by Gasteiger charge is -2.13. The fraction of sp³-hybridized carbons (Fsp3) is 0.130. The van der Waals surface area contributed by atoms with Crippen LogP contribution in [0.1, 0.15) is 22.8 Å². The first-order valence-electron chi connectivity index (χ1n) is 9.12.